The van der Waals surface area contributed by atoms with Crippen molar-refractivity contribution in [1.29, 1.82) is 0 Å². The highest BCUT2D eigenvalue weighted by Crippen LogP contribution is 2.31. The molecule has 2 heterocycles. The maximum Gasteiger partial charge on any atom is 0.190 e. The van der Waals surface area contributed by atoms with Gasteiger partial charge in [0, 0.05) is 30.4 Å². The second-order valence-electron chi connectivity index (χ2n) is 4.86. The van der Waals surface area contributed by atoms with Gasteiger partial charge in [0.25, 0.3) is 0 Å². The van der Waals surface area contributed by atoms with Crippen molar-refractivity contribution >= 4 is 22.7 Å². The van der Waals surface area contributed by atoms with Gasteiger partial charge in [-0.25, -0.2) is 9.97 Å². The lowest BCUT2D eigenvalue weighted by Gasteiger charge is -2.11. The van der Waals surface area contributed by atoms with Crippen LogP contribution in [0.2, 0.25) is 0 Å². The first-order valence-electron chi connectivity index (χ1n) is 7.15. The summed E-state index contributed by atoms with van der Waals surface area (Å²) < 4.78 is 13.1. The zero-order chi connectivity index (χ0) is 16.1. The highest BCUT2D eigenvalue weighted by atomic mass is 32.2. The zero-order valence-electron chi connectivity index (χ0n) is 13.0. The Labute approximate surface area is 138 Å². The molecule has 3 rings (SSSR count). The number of rotatable bonds is 7. The minimum atomic E-state index is 0.595. The number of aromatic nitrogens is 5. The molecule has 0 atom stereocenters. The highest BCUT2D eigenvalue weighted by Gasteiger charge is 2.08. The number of nitrogens with zero attached hydrogens (tertiary/aromatic N) is 5. The molecule has 120 valence electrons. The van der Waals surface area contributed by atoms with Gasteiger partial charge in [0.05, 0.1) is 19.2 Å². The van der Waals surface area contributed by atoms with Crippen molar-refractivity contribution in [3.05, 3.63) is 31.0 Å². The van der Waals surface area contributed by atoms with E-state index < -0.39 is 0 Å². The monoisotopic (exact) mass is 331 g/mol. The zero-order valence-corrected chi connectivity index (χ0v) is 13.8. The van der Waals surface area contributed by atoms with Gasteiger partial charge in [0.2, 0.25) is 0 Å². The SMILES string of the molecule is COc1cc2cncnc2cc1OCCCSc1nncn1C. The van der Waals surface area contributed by atoms with Crippen LogP contribution in [0.1, 0.15) is 6.42 Å². The number of hydrogen-bond acceptors (Lipinski definition) is 7. The number of fused-ring (bicyclic) bond motifs is 1. The van der Waals surface area contributed by atoms with Crippen molar-refractivity contribution < 1.29 is 9.47 Å². The Morgan fingerprint density at radius 3 is 2.96 bits per heavy atom. The quantitative estimate of drug-likeness (QED) is 0.486. The molecule has 0 bridgehead atoms. The lowest BCUT2D eigenvalue weighted by atomic mass is 10.2. The Morgan fingerprint density at radius 1 is 1.26 bits per heavy atom. The Kier molecular flexibility index (Phi) is 4.92. The lowest BCUT2D eigenvalue weighted by molar-refractivity contribution is 0.296. The van der Waals surface area contributed by atoms with E-state index in [2.05, 4.69) is 20.2 Å². The first-order valence-corrected chi connectivity index (χ1v) is 8.14. The lowest BCUT2D eigenvalue weighted by Crippen LogP contribution is -2.01. The van der Waals surface area contributed by atoms with Gasteiger partial charge in [0.1, 0.15) is 12.7 Å². The van der Waals surface area contributed by atoms with Gasteiger partial charge in [-0.2, -0.15) is 0 Å². The Balaban J connectivity index is 1.57. The van der Waals surface area contributed by atoms with Crippen molar-refractivity contribution in [2.75, 3.05) is 19.5 Å². The van der Waals surface area contributed by atoms with Crippen LogP contribution < -0.4 is 9.47 Å². The van der Waals surface area contributed by atoms with Crippen LogP contribution in [0.4, 0.5) is 0 Å². The molecule has 0 amide bonds. The number of hydrogen-bond donors (Lipinski definition) is 0. The Hall–Kier alpha value is -2.35. The van der Waals surface area contributed by atoms with Crippen LogP contribution in [0.15, 0.2) is 36.1 Å². The molecular weight excluding hydrogens is 314 g/mol. The van der Waals surface area contributed by atoms with Crippen molar-refractivity contribution in [1.82, 2.24) is 24.7 Å². The second kappa shape index (κ2) is 7.28. The summed E-state index contributed by atoms with van der Waals surface area (Å²) in [7, 11) is 3.56. The smallest absolute Gasteiger partial charge is 0.190 e. The molecule has 1 aromatic carbocycles. The van der Waals surface area contributed by atoms with Crippen molar-refractivity contribution in [2.24, 2.45) is 7.05 Å². The fourth-order valence-corrected chi connectivity index (χ4v) is 2.87. The maximum atomic E-state index is 5.84. The van der Waals surface area contributed by atoms with Gasteiger partial charge >= 0.3 is 0 Å². The van der Waals surface area contributed by atoms with Gasteiger partial charge in [-0.1, -0.05) is 11.8 Å². The summed E-state index contributed by atoms with van der Waals surface area (Å²) in [5.41, 5.74) is 0.837. The van der Waals surface area contributed by atoms with Crippen LogP contribution in [0.25, 0.3) is 10.9 Å². The van der Waals surface area contributed by atoms with Gasteiger partial charge in [0.15, 0.2) is 16.7 Å². The molecule has 0 fully saturated rings. The first-order chi connectivity index (χ1) is 11.3. The molecule has 0 aliphatic heterocycles. The van der Waals surface area contributed by atoms with Gasteiger partial charge in [-0.3, -0.25) is 0 Å². The summed E-state index contributed by atoms with van der Waals surface area (Å²) in [5.74, 6) is 2.29. The van der Waals surface area contributed by atoms with Crippen LogP contribution in [0, 0.1) is 0 Å². The summed E-state index contributed by atoms with van der Waals surface area (Å²) in [5, 5.41) is 9.72. The van der Waals surface area contributed by atoms with Crippen LogP contribution >= 0.6 is 11.8 Å². The average Bonchev–Trinajstić information content (AvgIpc) is 2.99. The minimum absolute atomic E-state index is 0.595. The molecule has 7 nitrogen and oxygen atoms in total. The molecule has 8 heteroatoms. The standard InChI is InChI=1S/C15H17N5O2S/c1-20-10-18-19-15(20)23-5-3-4-22-14-7-12-11(6-13(14)21-2)8-16-9-17-12/h6-10H,3-5H2,1-2H3. The molecule has 0 saturated carbocycles. The van der Waals surface area contributed by atoms with Crippen LogP contribution in [-0.4, -0.2) is 44.2 Å². The minimum Gasteiger partial charge on any atom is -0.493 e. The van der Waals surface area contributed by atoms with E-state index in [0.29, 0.717) is 18.1 Å². The molecule has 0 saturated heterocycles. The molecule has 0 radical (unpaired) electrons. The highest BCUT2D eigenvalue weighted by molar-refractivity contribution is 7.99. The molecule has 0 N–H and O–H groups in total. The van der Waals surface area contributed by atoms with Crippen molar-refractivity contribution in [3.63, 3.8) is 0 Å². The van der Waals surface area contributed by atoms with Gasteiger partial charge in [-0.05, 0) is 12.5 Å². The Bertz CT molecular complexity index is 792. The summed E-state index contributed by atoms with van der Waals surface area (Å²) in [6.45, 7) is 0.595. The fourth-order valence-electron chi connectivity index (χ4n) is 2.07. The number of ether oxygens (including phenoxy) is 2. The largest absolute Gasteiger partial charge is 0.493 e. The molecule has 2 aromatic heterocycles. The topological polar surface area (TPSA) is 75.0 Å². The van der Waals surface area contributed by atoms with Crippen molar-refractivity contribution in [3.8, 4) is 11.5 Å². The third-order valence-corrected chi connectivity index (χ3v) is 4.36. The van der Waals surface area contributed by atoms with E-state index >= 15 is 0 Å². The molecular formula is C15H17N5O2S. The predicted molar refractivity (Wildman–Crippen MR) is 87.9 cm³/mol. The van der Waals surface area contributed by atoms with E-state index in [1.807, 2.05) is 23.7 Å². The summed E-state index contributed by atoms with van der Waals surface area (Å²) in [4.78, 5) is 8.25. The van der Waals surface area contributed by atoms with Crippen LogP contribution in [0.5, 0.6) is 11.5 Å². The normalized spacial score (nSPS) is 10.9. The molecule has 3 aromatic rings. The molecule has 0 aliphatic rings. The number of aryl methyl sites for hydroxylation is 1. The van der Waals surface area contributed by atoms with Crippen molar-refractivity contribution in [2.45, 2.75) is 11.6 Å². The van der Waals surface area contributed by atoms with E-state index in [1.165, 1.54) is 6.33 Å². The van der Waals surface area contributed by atoms with E-state index in [1.54, 1.807) is 31.4 Å². The van der Waals surface area contributed by atoms with Gasteiger partial charge < -0.3 is 14.0 Å². The number of benzene rings is 1. The number of thioether (sulfide) groups is 1. The van der Waals surface area contributed by atoms with Crippen LogP contribution in [0.3, 0.4) is 0 Å². The third-order valence-electron chi connectivity index (χ3n) is 3.24. The fraction of sp³-hybridized carbons (Fsp3) is 0.333. The van der Waals surface area contributed by atoms with E-state index in [9.17, 15) is 0 Å². The van der Waals surface area contributed by atoms with E-state index in [4.69, 9.17) is 9.47 Å². The second-order valence-corrected chi connectivity index (χ2v) is 5.92. The first kappa shape index (κ1) is 15.5. The number of methoxy groups -OCH3 is 1. The molecule has 0 aliphatic carbocycles. The summed E-state index contributed by atoms with van der Waals surface area (Å²) >= 11 is 1.66. The summed E-state index contributed by atoms with van der Waals surface area (Å²) in [6, 6.07) is 3.77. The van der Waals surface area contributed by atoms with E-state index in [-0.39, 0.29) is 0 Å². The molecule has 0 spiro atoms. The van der Waals surface area contributed by atoms with E-state index in [0.717, 1.165) is 28.2 Å². The van der Waals surface area contributed by atoms with Gasteiger partial charge in [-0.15, -0.1) is 10.2 Å². The molecule has 0 unspecified atom stereocenters. The Morgan fingerprint density at radius 2 is 2.17 bits per heavy atom. The summed E-state index contributed by atoms with van der Waals surface area (Å²) in [6.07, 6.45) is 5.87. The maximum absolute atomic E-state index is 5.84. The predicted octanol–water partition coefficient (Wildman–Crippen LogP) is 2.33. The van der Waals surface area contributed by atoms with Crippen LogP contribution in [-0.2, 0) is 7.05 Å². The third kappa shape index (κ3) is 3.70. The average molecular weight is 331 g/mol. The molecule has 23 heavy (non-hydrogen) atoms.